The number of rotatable bonds is 16. The van der Waals surface area contributed by atoms with Crippen molar-refractivity contribution in [3.8, 4) is 0 Å². The summed E-state index contributed by atoms with van der Waals surface area (Å²) >= 11 is 0. The monoisotopic (exact) mass is 362 g/mol. The molecule has 0 amide bonds. The summed E-state index contributed by atoms with van der Waals surface area (Å²) in [5, 5.41) is 4.78. The molecule has 0 aromatic rings. The van der Waals surface area contributed by atoms with E-state index in [0.717, 1.165) is 19.4 Å². The zero-order valence-corrected chi connectivity index (χ0v) is 17.4. The van der Waals surface area contributed by atoms with Crippen molar-refractivity contribution in [2.75, 3.05) is 6.54 Å². The van der Waals surface area contributed by atoms with Crippen molar-refractivity contribution in [2.24, 2.45) is 5.11 Å². The summed E-state index contributed by atoms with van der Waals surface area (Å²) in [7, 11) is 0. The van der Waals surface area contributed by atoms with Gasteiger partial charge in [0.25, 0.3) is 0 Å². The van der Waals surface area contributed by atoms with E-state index in [0.29, 0.717) is 12.1 Å². The lowest BCUT2D eigenvalue weighted by Crippen LogP contribution is -2.37. The molecule has 1 aliphatic heterocycles. The number of unbranched alkanes of at least 4 members (excludes halogenated alkanes) is 14. The standard InChI is InChI=1S/C23H44N3/c1-2-3-4-5-6-7-8-9-10-11-12-13-14-15-18-21-26-24-22-19-16-17-20-23(22)25-26/h16-17,22-23H,2-15,18-21H2,1H3,(H,24,25)/q+1. The minimum atomic E-state index is 0.497. The van der Waals surface area contributed by atoms with E-state index in [9.17, 15) is 0 Å². The van der Waals surface area contributed by atoms with E-state index in [1.807, 2.05) is 0 Å². The van der Waals surface area contributed by atoms with E-state index in [-0.39, 0.29) is 0 Å². The van der Waals surface area contributed by atoms with Crippen LogP contribution in [-0.4, -0.2) is 23.4 Å². The molecule has 0 spiro atoms. The molecule has 1 aliphatic carbocycles. The molecule has 1 heterocycles. The van der Waals surface area contributed by atoms with Gasteiger partial charge in [-0.1, -0.05) is 103 Å². The highest BCUT2D eigenvalue weighted by Crippen LogP contribution is 2.20. The van der Waals surface area contributed by atoms with Gasteiger partial charge in [-0.05, 0) is 29.2 Å². The summed E-state index contributed by atoms with van der Waals surface area (Å²) < 4.78 is 0. The summed E-state index contributed by atoms with van der Waals surface area (Å²) in [6.07, 6.45) is 28.2. The van der Waals surface area contributed by atoms with Crippen molar-refractivity contribution in [1.82, 2.24) is 5.43 Å². The van der Waals surface area contributed by atoms with E-state index in [4.69, 9.17) is 5.11 Å². The van der Waals surface area contributed by atoms with Crippen LogP contribution in [0.5, 0.6) is 0 Å². The molecule has 2 rings (SSSR count). The van der Waals surface area contributed by atoms with Crippen LogP contribution >= 0.6 is 0 Å². The van der Waals surface area contributed by atoms with Crippen molar-refractivity contribution in [3.63, 3.8) is 0 Å². The second-order valence-electron chi connectivity index (χ2n) is 8.43. The van der Waals surface area contributed by atoms with Gasteiger partial charge in [0.15, 0.2) is 6.54 Å². The highest BCUT2D eigenvalue weighted by Gasteiger charge is 2.34. The molecular weight excluding hydrogens is 318 g/mol. The zero-order chi connectivity index (χ0) is 18.3. The maximum Gasteiger partial charge on any atom is 0.199 e. The van der Waals surface area contributed by atoms with Crippen LogP contribution in [0.15, 0.2) is 17.3 Å². The predicted molar refractivity (Wildman–Crippen MR) is 112 cm³/mol. The molecule has 1 N–H and O–H groups in total. The average molecular weight is 363 g/mol. The second kappa shape index (κ2) is 14.2. The number of hydrogen-bond donors (Lipinski definition) is 1. The molecular formula is C23H44N3+. The van der Waals surface area contributed by atoms with Gasteiger partial charge in [0, 0.05) is 6.42 Å². The van der Waals surface area contributed by atoms with Crippen LogP contribution in [0.25, 0.3) is 0 Å². The largest absolute Gasteiger partial charge is 0.199 e. The first-order chi connectivity index (χ1) is 12.9. The molecule has 0 saturated carbocycles. The van der Waals surface area contributed by atoms with Crippen LogP contribution in [0.1, 0.15) is 116 Å². The zero-order valence-electron chi connectivity index (χ0n) is 17.4. The van der Waals surface area contributed by atoms with Crippen molar-refractivity contribution >= 4 is 0 Å². The fourth-order valence-electron chi connectivity index (χ4n) is 4.23. The lowest BCUT2D eigenvalue weighted by Gasteiger charge is -2.12. The Bertz CT molecular complexity index is 402. The predicted octanol–water partition coefficient (Wildman–Crippen LogP) is 6.93. The Kier molecular flexibility index (Phi) is 11.7. The van der Waals surface area contributed by atoms with Gasteiger partial charge in [0.2, 0.25) is 0 Å². The molecule has 0 bridgehead atoms. The molecule has 3 heteroatoms. The van der Waals surface area contributed by atoms with Gasteiger partial charge < -0.3 is 0 Å². The molecule has 0 saturated heterocycles. The van der Waals surface area contributed by atoms with Crippen molar-refractivity contribution in [1.29, 1.82) is 0 Å². The number of nitrogens with zero attached hydrogens (tertiary/aromatic N) is 2. The van der Waals surface area contributed by atoms with Gasteiger partial charge in [0.05, 0.1) is 0 Å². The Morgan fingerprint density at radius 3 is 1.77 bits per heavy atom. The summed E-state index contributed by atoms with van der Waals surface area (Å²) in [5.41, 5.74) is 3.56. The van der Waals surface area contributed by atoms with Gasteiger partial charge in [0.1, 0.15) is 12.1 Å². The lowest BCUT2D eigenvalue weighted by atomic mass is 9.98. The maximum atomic E-state index is 4.78. The molecule has 26 heavy (non-hydrogen) atoms. The normalized spacial score (nSPS) is 21.5. The topological polar surface area (TPSA) is 27.4 Å². The Morgan fingerprint density at radius 1 is 0.731 bits per heavy atom. The first-order valence-electron chi connectivity index (χ1n) is 11.8. The van der Waals surface area contributed by atoms with E-state index in [1.165, 1.54) is 96.3 Å². The fraction of sp³-hybridized carbons (Fsp3) is 0.913. The van der Waals surface area contributed by atoms with Crippen LogP contribution in [-0.2, 0) is 0 Å². The Hall–Kier alpha value is -0.860. The van der Waals surface area contributed by atoms with Crippen LogP contribution < -0.4 is 5.43 Å². The number of fused-ring (bicyclic) bond motifs is 1. The lowest BCUT2D eigenvalue weighted by molar-refractivity contribution is -0.639. The second-order valence-corrected chi connectivity index (χ2v) is 8.43. The van der Waals surface area contributed by atoms with Crippen LogP contribution in [0, 0.1) is 0 Å². The SMILES string of the molecule is CCCCCCCCCCCCCCCCC[N+]1=NC2CC=CCC2N1. The summed E-state index contributed by atoms with van der Waals surface area (Å²) in [5.74, 6) is 0. The van der Waals surface area contributed by atoms with Gasteiger partial charge in [-0.15, -0.1) is 0 Å². The summed E-state index contributed by atoms with van der Waals surface area (Å²) in [6, 6.07) is 1.06. The number of azo groups is 1. The first-order valence-corrected chi connectivity index (χ1v) is 11.8. The van der Waals surface area contributed by atoms with Crippen LogP contribution in [0.3, 0.4) is 0 Å². The molecule has 0 radical (unpaired) electrons. The molecule has 0 fully saturated rings. The number of hydrogen-bond acceptors (Lipinski definition) is 2. The highest BCUT2D eigenvalue weighted by molar-refractivity contribution is 5.00. The minimum Gasteiger partial charge on any atom is -0.168 e. The molecule has 2 atom stereocenters. The van der Waals surface area contributed by atoms with E-state index < -0.39 is 0 Å². The van der Waals surface area contributed by atoms with Gasteiger partial charge in [-0.25, -0.2) is 0 Å². The third-order valence-electron chi connectivity index (χ3n) is 5.97. The average Bonchev–Trinajstić information content (AvgIpc) is 3.07. The summed E-state index contributed by atoms with van der Waals surface area (Å²) in [4.78, 5) is 2.13. The molecule has 2 aliphatic rings. The van der Waals surface area contributed by atoms with Crippen molar-refractivity contribution in [3.05, 3.63) is 12.2 Å². The van der Waals surface area contributed by atoms with Crippen LogP contribution in [0.4, 0.5) is 0 Å². The molecule has 0 aromatic heterocycles. The van der Waals surface area contributed by atoms with Crippen LogP contribution in [0.2, 0.25) is 0 Å². The molecule has 0 aromatic carbocycles. The highest BCUT2D eigenvalue weighted by atomic mass is 15.6. The van der Waals surface area contributed by atoms with Crippen molar-refractivity contribution < 1.29 is 4.81 Å². The quantitative estimate of drug-likeness (QED) is 0.180. The Labute approximate surface area is 162 Å². The van der Waals surface area contributed by atoms with Gasteiger partial charge in [-0.2, -0.15) is 5.43 Å². The van der Waals surface area contributed by atoms with E-state index in [1.54, 1.807) is 0 Å². The molecule has 2 unspecified atom stereocenters. The Balaban J connectivity index is 1.29. The van der Waals surface area contributed by atoms with E-state index >= 15 is 0 Å². The smallest absolute Gasteiger partial charge is 0.168 e. The third-order valence-corrected chi connectivity index (χ3v) is 5.97. The number of nitrogens with one attached hydrogen (secondary N) is 1. The minimum absolute atomic E-state index is 0.497. The molecule has 150 valence electrons. The Morgan fingerprint density at radius 2 is 1.23 bits per heavy atom. The van der Waals surface area contributed by atoms with Gasteiger partial charge in [-0.3, -0.25) is 0 Å². The van der Waals surface area contributed by atoms with E-state index in [2.05, 4.69) is 29.3 Å². The fourth-order valence-corrected chi connectivity index (χ4v) is 4.23. The maximum absolute atomic E-state index is 4.78. The first kappa shape index (κ1) is 21.4. The summed E-state index contributed by atoms with van der Waals surface area (Å²) in [6.45, 7) is 3.38. The van der Waals surface area contributed by atoms with Crippen molar-refractivity contribution in [2.45, 2.75) is 128 Å². The van der Waals surface area contributed by atoms with Gasteiger partial charge >= 0.3 is 0 Å². The molecule has 3 nitrogen and oxygen atoms in total. The third kappa shape index (κ3) is 9.19. The number of hydrazine groups is 1.